The zero-order chi connectivity index (χ0) is 11.6. The summed E-state index contributed by atoms with van der Waals surface area (Å²) in [5.74, 6) is 0. The Balaban J connectivity index is 0.00000144. The van der Waals surface area contributed by atoms with Gasteiger partial charge in [-0.05, 0) is 63.0 Å². The fraction of sp³-hybridized carbons (Fsp3) is 0.571. The number of benzene rings is 1. The van der Waals surface area contributed by atoms with Crippen molar-refractivity contribution in [2.45, 2.75) is 31.1 Å². The molecule has 0 saturated heterocycles. The molecule has 0 unspecified atom stereocenters. The highest BCUT2D eigenvalue weighted by molar-refractivity contribution is 6.30. The van der Waals surface area contributed by atoms with Gasteiger partial charge in [0.25, 0.3) is 0 Å². The minimum absolute atomic E-state index is 0. The Hall–Kier alpha value is -0.240. The second kappa shape index (κ2) is 6.08. The van der Waals surface area contributed by atoms with Crippen molar-refractivity contribution < 1.29 is 0 Å². The van der Waals surface area contributed by atoms with Crippen LogP contribution in [-0.4, -0.2) is 25.5 Å². The Kier molecular flexibility index (Phi) is 5.30. The first-order chi connectivity index (χ1) is 7.62. The van der Waals surface area contributed by atoms with Gasteiger partial charge in [-0.2, -0.15) is 0 Å². The van der Waals surface area contributed by atoms with Crippen LogP contribution in [0.2, 0.25) is 5.02 Å². The molecule has 1 aliphatic carbocycles. The fourth-order valence-corrected chi connectivity index (χ4v) is 2.65. The Morgan fingerprint density at radius 3 is 2.18 bits per heavy atom. The SMILES string of the molecule is CN(C)CCC1(c2ccc(Cl)cc2)CCC1.Cl. The molecule has 1 saturated carbocycles. The minimum Gasteiger partial charge on any atom is -0.309 e. The second-order valence-electron chi connectivity index (χ2n) is 5.19. The highest BCUT2D eigenvalue weighted by Gasteiger charge is 2.37. The average Bonchev–Trinajstić information content (AvgIpc) is 2.18. The van der Waals surface area contributed by atoms with Crippen molar-refractivity contribution in [3.8, 4) is 0 Å². The summed E-state index contributed by atoms with van der Waals surface area (Å²) in [5, 5.41) is 0.839. The van der Waals surface area contributed by atoms with Crippen LogP contribution < -0.4 is 0 Å². The predicted octanol–water partition coefficient (Wildman–Crippen LogP) is 4.14. The summed E-state index contributed by atoms with van der Waals surface area (Å²) < 4.78 is 0. The molecule has 96 valence electrons. The van der Waals surface area contributed by atoms with Gasteiger partial charge in [0.2, 0.25) is 0 Å². The molecule has 0 amide bonds. The number of halogens is 2. The molecule has 0 radical (unpaired) electrons. The van der Waals surface area contributed by atoms with E-state index in [4.69, 9.17) is 11.6 Å². The van der Waals surface area contributed by atoms with Crippen LogP contribution >= 0.6 is 24.0 Å². The van der Waals surface area contributed by atoms with Gasteiger partial charge in [-0.15, -0.1) is 12.4 Å². The van der Waals surface area contributed by atoms with Gasteiger partial charge < -0.3 is 4.90 Å². The van der Waals surface area contributed by atoms with Crippen LogP contribution in [0.15, 0.2) is 24.3 Å². The molecule has 17 heavy (non-hydrogen) atoms. The molecule has 0 bridgehead atoms. The van der Waals surface area contributed by atoms with E-state index in [9.17, 15) is 0 Å². The number of hydrogen-bond acceptors (Lipinski definition) is 1. The van der Waals surface area contributed by atoms with E-state index in [2.05, 4.69) is 31.1 Å². The lowest BCUT2D eigenvalue weighted by Crippen LogP contribution is -2.37. The van der Waals surface area contributed by atoms with E-state index in [0.717, 1.165) is 5.02 Å². The third-order valence-corrected chi connectivity index (χ3v) is 4.06. The molecule has 0 atom stereocenters. The first-order valence-corrected chi connectivity index (χ1v) is 6.41. The van der Waals surface area contributed by atoms with E-state index in [-0.39, 0.29) is 12.4 Å². The van der Waals surface area contributed by atoms with Gasteiger partial charge in [0.1, 0.15) is 0 Å². The van der Waals surface area contributed by atoms with Crippen molar-refractivity contribution in [1.29, 1.82) is 0 Å². The third kappa shape index (κ3) is 3.37. The summed E-state index contributed by atoms with van der Waals surface area (Å²) >= 11 is 5.94. The summed E-state index contributed by atoms with van der Waals surface area (Å²) in [5.41, 5.74) is 1.92. The zero-order valence-electron chi connectivity index (χ0n) is 10.6. The van der Waals surface area contributed by atoms with Gasteiger partial charge in [0, 0.05) is 5.02 Å². The Morgan fingerprint density at radius 2 is 1.76 bits per heavy atom. The van der Waals surface area contributed by atoms with Crippen molar-refractivity contribution >= 4 is 24.0 Å². The molecule has 1 nitrogen and oxygen atoms in total. The molecule has 2 rings (SSSR count). The highest BCUT2D eigenvalue weighted by atomic mass is 35.5. The molecule has 0 N–H and O–H groups in total. The Morgan fingerprint density at radius 1 is 1.18 bits per heavy atom. The summed E-state index contributed by atoms with van der Waals surface area (Å²) in [4.78, 5) is 2.27. The van der Waals surface area contributed by atoms with Crippen LogP contribution in [0, 0.1) is 0 Å². The molecule has 0 heterocycles. The summed E-state index contributed by atoms with van der Waals surface area (Å²) in [6.45, 7) is 1.17. The van der Waals surface area contributed by atoms with Crippen molar-refractivity contribution in [1.82, 2.24) is 4.90 Å². The van der Waals surface area contributed by atoms with E-state index in [1.807, 2.05) is 12.1 Å². The normalized spacial score (nSPS) is 17.4. The van der Waals surface area contributed by atoms with Crippen molar-refractivity contribution in [3.63, 3.8) is 0 Å². The lowest BCUT2D eigenvalue weighted by atomic mass is 9.62. The lowest BCUT2D eigenvalue weighted by molar-refractivity contribution is 0.201. The molecule has 1 aliphatic rings. The van der Waals surface area contributed by atoms with Crippen LogP contribution in [0.5, 0.6) is 0 Å². The molecule has 1 fully saturated rings. The van der Waals surface area contributed by atoms with Gasteiger partial charge in [-0.1, -0.05) is 30.2 Å². The topological polar surface area (TPSA) is 3.24 Å². The largest absolute Gasteiger partial charge is 0.309 e. The first-order valence-electron chi connectivity index (χ1n) is 6.03. The monoisotopic (exact) mass is 273 g/mol. The third-order valence-electron chi connectivity index (χ3n) is 3.80. The first kappa shape index (κ1) is 14.8. The number of nitrogens with zero attached hydrogens (tertiary/aromatic N) is 1. The van der Waals surface area contributed by atoms with Gasteiger partial charge in [-0.3, -0.25) is 0 Å². The molecule has 3 heteroatoms. The molecular weight excluding hydrogens is 253 g/mol. The van der Waals surface area contributed by atoms with Gasteiger partial charge in [0.15, 0.2) is 0 Å². The lowest BCUT2D eigenvalue weighted by Gasteiger charge is -2.43. The van der Waals surface area contributed by atoms with Crippen molar-refractivity contribution in [2.75, 3.05) is 20.6 Å². The van der Waals surface area contributed by atoms with Crippen LogP contribution in [0.4, 0.5) is 0 Å². The van der Waals surface area contributed by atoms with E-state index in [0.29, 0.717) is 5.41 Å². The molecule has 1 aromatic rings. The minimum atomic E-state index is 0. The summed E-state index contributed by atoms with van der Waals surface area (Å²) in [6.07, 6.45) is 5.31. The average molecular weight is 274 g/mol. The standard InChI is InChI=1S/C14H20ClN.ClH/c1-16(2)11-10-14(8-3-9-14)12-4-6-13(15)7-5-12;/h4-7H,3,8-11H2,1-2H3;1H. The smallest absolute Gasteiger partial charge is 0.0406 e. The maximum Gasteiger partial charge on any atom is 0.0406 e. The number of rotatable bonds is 4. The maximum absolute atomic E-state index is 5.94. The molecular formula is C14H21Cl2N. The fourth-order valence-electron chi connectivity index (χ4n) is 2.53. The molecule has 1 aromatic carbocycles. The Labute approximate surface area is 116 Å². The summed E-state index contributed by atoms with van der Waals surface area (Å²) in [6, 6.07) is 8.45. The van der Waals surface area contributed by atoms with E-state index in [1.165, 1.54) is 37.8 Å². The zero-order valence-corrected chi connectivity index (χ0v) is 12.2. The van der Waals surface area contributed by atoms with Crippen LogP contribution in [0.3, 0.4) is 0 Å². The quantitative estimate of drug-likeness (QED) is 0.797. The highest BCUT2D eigenvalue weighted by Crippen LogP contribution is 2.46. The number of hydrogen-bond donors (Lipinski definition) is 0. The van der Waals surface area contributed by atoms with E-state index in [1.54, 1.807) is 0 Å². The predicted molar refractivity (Wildman–Crippen MR) is 77.4 cm³/mol. The summed E-state index contributed by atoms with van der Waals surface area (Å²) in [7, 11) is 4.29. The maximum atomic E-state index is 5.94. The van der Waals surface area contributed by atoms with Crippen LogP contribution in [0.1, 0.15) is 31.2 Å². The molecule has 0 aliphatic heterocycles. The van der Waals surface area contributed by atoms with Crippen molar-refractivity contribution in [3.05, 3.63) is 34.9 Å². The van der Waals surface area contributed by atoms with Gasteiger partial charge in [0.05, 0.1) is 0 Å². The van der Waals surface area contributed by atoms with E-state index >= 15 is 0 Å². The van der Waals surface area contributed by atoms with Crippen molar-refractivity contribution in [2.24, 2.45) is 0 Å². The Bertz CT molecular complexity index is 342. The van der Waals surface area contributed by atoms with Gasteiger partial charge in [-0.25, -0.2) is 0 Å². The second-order valence-corrected chi connectivity index (χ2v) is 5.63. The van der Waals surface area contributed by atoms with Crippen LogP contribution in [0.25, 0.3) is 0 Å². The molecule has 0 spiro atoms. The molecule has 0 aromatic heterocycles. The van der Waals surface area contributed by atoms with Crippen LogP contribution in [-0.2, 0) is 5.41 Å². The van der Waals surface area contributed by atoms with Gasteiger partial charge >= 0.3 is 0 Å². The van der Waals surface area contributed by atoms with E-state index < -0.39 is 0 Å².